The molecule has 1 atom stereocenters. The van der Waals surface area contributed by atoms with Gasteiger partial charge in [0.25, 0.3) is 11.5 Å². The van der Waals surface area contributed by atoms with Crippen molar-refractivity contribution in [3.8, 4) is 0 Å². The fraction of sp³-hybridized carbons (Fsp3) is 0.316. The Labute approximate surface area is 150 Å². The molecule has 134 valence electrons. The molecule has 3 aromatic rings. The van der Waals surface area contributed by atoms with E-state index in [1.165, 1.54) is 4.57 Å². The van der Waals surface area contributed by atoms with Crippen LogP contribution in [0.3, 0.4) is 0 Å². The van der Waals surface area contributed by atoms with E-state index in [2.05, 4.69) is 15.3 Å². The van der Waals surface area contributed by atoms with E-state index in [-0.39, 0.29) is 17.5 Å². The second-order valence-corrected chi connectivity index (χ2v) is 6.67. The van der Waals surface area contributed by atoms with Crippen molar-refractivity contribution in [1.82, 2.24) is 19.9 Å². The maximum atomic E-state index is 12.8. The van der Waals surface area contributed by atoms with Gasteiger partial charge in [0, 0.05) is 50.2 Å². The number of hydrogen-bond acceptors (Lipinski definition) is 4. The van der Waals surface area contributed by atoms with Crippen molar-refractivity contribution >= 4 is 22.6 Å². The lowest BCUT2D eigenvalue weighted by Gasteiger charge is -2.33. The maximum Gasteiger partial charge on any atom is 0.293 e. The van der Waals surface area contributed by atoms with Gasteiger partial charge in [0.2, 0.25) is 0 Å². The lowest BCUT2D eigenvalue weighted by molar-refractivity contribution is 0.0934. The number of benzene rings is 1. The zero-order chi connectivity index (χ0) is 18.1. The number of fused-ring (bicyclic) bond motifs is 1. The van der Waals surface area contributed by atoms with E-state index < -0.39 is 0 Å². The number of carbonyl (C=O) groups excluding carboxylic acids is 1. The zero-order valence-electron chi connectivity index (χ0n) is 14.6. The molecule has 2 aromatic heterocycles. The molecule has 0 unspecified atom stereocenters. The number of aromatic amines is 1. The number of nitrogens with one attached hydrogen (secondary N) is 2. The normalized spacial score (nSPS) is 17.4. The number of para-hydroxylation sites is 1. The van der Waals surface area contributed by atoms with Crippen LogP contribution in [0.25, 0.3) is 10.9 Å². The minimum atomic E-state index is -0.115. The summed E-state index contributed by atoms with van der Waals surface area (Å²) in [5, 5.41) is 4.13. The summed E-state index contributed by atoms with van der Waals surface area (Å²) in [6, 6.07) is 7.61. The molecular formula is C19H21N5O2. The highest BCUT2D eigenvalue weighted by Gasteiger charge is 2.25. The zero-order valence-corrected chi connectivity index (χ0v) is 14.6. The Morgan fingerprint density at radius 3 is 3.12 bits per heavy atom. The van der Waals surface area contributed by atoms with Gasteiger partial charge in [-0.05, 0) is 25.0 Å². The molecule has 1 aliphatic heterocycles. The smallest absolute Gasteiger partial charge is 0.293 e. The maximum absolute atomic E-state index is 12.8. The Bertz CT molecular complexity index is 1010. The summed E-state index contributed by atoms with van der Waals surface area (Å²) in [6.45, 7) is 1.35. The molecule has 0 bridgehead atoms. The minimum absolute atomic E-state index is 0.0202. The summed E-state index contributed by atoms with van der Waals surface area (Å²) >= 11 is 0. The van der Waals surface area contributed by atoms with E-state index >= 15 is 0 Å². The van der Waals surface area contributed by atoms with Crippen LogP contribution in [-0.4, -0.2) is 39.6 Å². The van der Waals surface area contributed by atoms with Gasteiger partial charge in [-0.25, -0.2) is 4.98 Å². The highest BCUT2D eigenvalue weighted by molar-refractivity contribution is 6.05. The third kappa shape index (κ3) is 2.96. The van der Waals surface area contributed by atoms with Crippen molar-refractivity contribution in [2.75, 3.05) is 18.0 Å². The first kappa shape index (κ1) is 16.4. The molecule has 1 fully saturated rings. The fourth-order valence-electron chi connectivity index (χ4n) is 3.53. The quantitative estimate of drug-likeness (QED) is 0.752. The Balaban J connectivity index is 1.52. The molecule has 0 saturated carbocycles. The average Bonchev–Trinajstić information content (AvgIpc) is 3.13. The van der Waals surface area contributed by atoms with Crippen LogP contribution in [0.1, 0.15) is 23.2 Å². The Morgan fingerprint density at radius 1 is 1.35 bits per heavy atom. The lowest BCUT2D eigenvalue weighted by Crippen LogP contribution is -2.49. The Morgan fingerprint density at radius 2 is 2.23 bits per heavy atom. The van der Waals surface area contributed by atoms with E-state index in [0.29, 0.717) is 17.9 Å². The molecule has 1 aromatic carbocycles. The molecule has 4 rings (SSSR count). The number of nitrogens with zero attached hydrogens (tertiary/aromatic N) is 3. The first-order chi connectivity index (χ1) is 12.6. The third-order valence-electron chi connectivity index (χ3n) is 4.89. The molecule has 2 N–H and O–H groups in total. The molecular weight excluding hydrogens is 330 g/mol. The van der Waals surface area contributed by atoms with Crippen LogP contribution in [0.4, 0.5) is 5.82 Å². The number of rotatable bonds is 3. The third-order valence-corrected chi connectivity index (χ3v) is 4.89. The topological polar surface area (TPSA) is 83.0 Å². The second kappa shape index (κ2) is 6.67. The first-order valence-electron chi connectivity index (χ1n) is 8.77. The molecule has 0 spiro atoms. The highest BCUT2D eigenvalue weighted by Crippen LogP contribution is 2.19. The van der Waals surface area contributed by atoms with Gasteiger partial charge in [-0.3, -0.25) is 9.59 Å². The van der Waals surface area contributed by atoms with Crippen LogP contribution in [0, 0.1) is 0 Å². The molecule has 7 heteroatoms. The number of aromatic nitrogens is 3. The molecule has 7 nitrogen and oxygen atoms in total. The van der Waals surface area contributed by atoms with Crippen LogP contribution >= 0.6 is 0 Å². The molecule has 26 heavy (non-hydrogen) atoms. The van der Waals surface area contributed by atoms with Crippen LogP contribution in [0.5, 0.6) is 0 Å². The number of anilines is 1. The van der Waals surface area contributed by atoms with Gasteiger partial charge in [-0.2, -0.15) is 0 Å². The number of carbonyl (C=O) groups is 1. The van der Waals surface area contributed by atoms with Crippen molar-refractivity contribution in [2.45, 2.75) is 18.9 Å². The van der Waals surface area contributed by atoms with Crippen molar-refractivity contribution in [3.63, 3.8) is 0 Å². The van der Waals surface area contributed by atoms with Crippen molar-refractivity contribution < 1.29 is 4.79 Å². The van der Waals surface area contributed by atoms with Crippen molar-refractivity contribution in [2.24, 2.45) is 7.05 Å². The van der Waals surface area contributed by atoms with Crippen LogP contribution in [-0.2, 0) is 7.05 Å². The summed E-state index contributed by atoms with van der Waals surface area (Å²) in [5.74, 6) is 0.347. The first-order valence-corrected chi connectivity index (χ1v) is 8.77. The minimum Gasteiger partial charge on any atom is -0.361 e. The molecule has 3 heterocycles. The summed E-state index contributed by atoms with van der Waals surface area (Å²) in [7, 11) is 1.72. The van der Waals surface area contributed by atoms with E-state index in [1.807, 2.05) is 35.4 Å². The van der Waals surface area contributed by atoms with Gasteiger partial charge in [-0.15, -0.1) is 0 Å². The van der Waals surface area contributed by atoms with E-state index in [4.69, 9.17) is 0 Å². The summed E-state index contributed by atoms with van der Waals surface area (Å²) in [5.41, 5.74) is 1.37. The van der Waals surface area contributed by atoms with Gasteiger partial charge in [0.1, 0.15) is 0 Å². The van der Waals surface area contributed by atoms with Gasteiger partial charge in [0.05, 0.1) is 11.1 Å². The molecule has 0 radical (unpaired) electrons. The van der Waals surface area contributed by atoms with Crippen LogP contribution in [0.2, 0.25) is 0 Å². The predicted molar refractivity (Wildman–Crippen MR) is 100 cm³/mol. The van der Waals surface area contributed by atoms with Gasteiger partial charge in [0.15, 0.2) is 5.82 Å². The van der Waals surface area contributed by atoms with Gasteiger partial charge >= 0.3 is 0 Å². The largest absolute Gasteiger partial charge is 0.361 e. The molecule has 1 aliphatic rings. The molecule has 1 saturated heterocycles. The van der Waals surface area contributed by atoms with E-state index in [9.17, 15) is 9.59 Å². The second-order valence-electron chi connectivity index (χ2n) is 6.67. The number of hydrogen-bond donors (Lipinski definition) is 2. The number of aryl methyl sites for hydroxylation is 1. The van der Waals surface area contributed by atoms with E-state index in [1.54, 1.807) is 19.4 Å². The van der Waals surface area contributed by atoms with Crippen molar-refractivity contribution in [3.05, 3.63) is 58.8 Å². The van der Waals surface area contributed by atoms with Gasteiger partial charge < -0.3 is 19.8 Å². The van der Waals surface area contributed by atoms with Crippen molar-refractivity contribution in [1.29, 1.82) is 0 Å². The van der Waals surface area contributed by atoms with Gasteiger partial charge in [-0.1, -0.05) is 12.1 Å². The monoisotopic (exact) mass is 351 g/mol. The van der Waals surface area contributed by atoms with Crippen LogP contribution in [0.15, 0.2) is 47.7 Å². The molecule has 1 amide bonds. The number of piperidine rings is 1. The summed E-state index contributed by atoms with van der Waals surface area (Å²) < 4.78 is 1.52. The SMILES string of the molecule is Cn1ccnc(N2CCC[C@H](NC(=O)c3cccc4cc[nH]c34)C2)c1=O. The average molecular weight is 351 g/mol. The Hall–Kier alpha value is -3.09. The molecule has 0 aliphatic carbocycles. The standard InChI is InChI=1S/C19H21N5O2/c1-23-11-9-21-17(19(23)26)24-10-3-5-14(12-24)22-18(25)15-6-2-4-13-7-8-20-16(13)15/h2,4,6-9,11,14,20H,3,5,10,12H2,1H3,(H,22,25)/t14-/m0/s1. The number of H-pyrrole nitrogens is 1. The summed E-state index contributed by atoms with van der Waals surface area (Å²) in [4.78, 5) is 34.4. The summed E-state index contributed by atoms with van der Waals surface area (Å²) in [6.07, 6.45) is 6.89. The van der Waals surface area contributed by atoms with E-state index in [0.717, 1.165) is 30.3 Å². The lowest BCUT2D eigenvalue weighted by atomic mass is 10.0. The highest BCUT2D eigenvalue weighted by atomic mass is 16.2. The Kier molecular flexibility index (Phi) is 4.20. The number of amides is 1. The fourth-order valence-corrected chi connectivity index (χ4v) is 3.53. The predicted octanol–water partition coefficient (Wildman–Crippen LogP) is 1.66. The van der Waals surface area contributed by atoms with Crippen LogP contribution < -0.4 is 15.8 Å².